The number of aliphatic carboxylic acids is 1. The minimum atomic E-state index is -0.640. The molecule has 1 aliphatic heterocycles. The van der Waals surface area contributed by atoms with Crippen molar-refractivity contribution >= 4 is 30.4 Å². The largest absolute Gasteiger partial charge is 0.481 e. The van der Waals surface area contributed by atoms with Crippen molar-refractivity contribution in [1.29, 1.82) is 0 Å². The van der Waals surface area contributed by atoms with Crippen LogP contribution in [0, 0.1) is 5.92 Å². The molecule has 1 heterocycles. The Morgan fingerprint density at radius 2 is 2.45 bits per heavy atom. The summed E-state index contributed by atoms with van der Waals surface area (Å²) in [6.07, 6.45) is 1.87. The lowest BCUT2D eigenvalue weighted by Crippen LogP contribution is -2.13. The molecule has 64 valence electrons. The van der Waals surface area contributed by atoms with Gasteiger partial charge in [0.15, 0.2) is 0 Å². The van der Waals surface area contributed by atoms with E-state index in [1.54, 1.807) is 11.8 Å². The molecular formula is C7H12O2S2. The highest BCUT2D eigenvalue weighted by molar-refractivity contribution is 8.00. The van der Waals surface area contributed by atoms with Crippen molar-refractivity contribution in [2.45, 2.75) is 18.1 Å². The summed E-state index contributed by atoms with van der Waals surface area (Å²) in [5.41, 5.74) is 0. The quantitative estimate of drug-likeness (QED) is 0.666. The van der Waals surface area contributed by atoms with Gasteiger partial charge in [0.25, 0.3) is 0 Å². The monoisotopic (exact) mass is 192 g/mol. The highest BCUT2D eigenvalue weighted by Gasteiger charge is 2.29. The van der Waals surface area contributed by atoms with E-state index in [9.17, 15) is 4.79 Å². The van der Waals surface area contributed by atoms with Gasteiger partial charge in [-0.3, -0.25) is 4.79 Å². The minimum absolute atomic E-state index is 0.107. The highest BCUT2D eigenvalue weighted by atomic mass is 32.2. The van der Waals surface area contributed by atoms with Crippen LogP contribution in [0.25, 0.3) is 0 Å². The summed E-state index contributed by atoms with van der Waals surface area (Å²) in [5, 5.41) is 9.20. The van der Waals surface area contributed by atoms with Crippen molar-refractivity contribution in [3.63, 3.8) is 0 Å². The fourth-order valence-corrected chi connectivity index (χ4v) is 3.15. The van der Waals surface area contributed by atoms with Crippen LogP contribution in [0.15, 0.2) is 0 Å². The number of carboxylic acid groups (broad SMARTS) is 1. The molecule has 1 fully saturated rings. The maximum absolute atomic E-state index is 10.5. The summed E-state index contributed by atoms with van der Waals surface area (Å²) in [4.78, 5) is 10.5. The van der Waals surface area contributed by atoms with E-state index in [1.165, 1.54) is 0 Å². The molecule has 0 aromatic rings. The summed E-state index contributed by atoms with van der Waals surface area (Å²) in [7, 11) is 0. The topological polar surface area (TPSA) is 37.3 Å². The van der Waals surface area contributed by atoms with Gasteiger partial charge in [0, 0.05) is 11.0 Å². The number of hydrogen-bond acceptors (Lipinski definition) is 3. The van der Waals surface area contributed by atoms with Gasteiger partial charge in [-0.1, -0.05) is 0 Å². The summed E-state index contributed by atoms with van der Waals surface area (Å²) in [6, 6.07) is 0. The van der Waals surface area contributed by atoms with Gasteiger partial charge in [0.1, 0.15) is 0 Å². The molecule has 2 atom stereocenters. The third-order valence-electron chi connectivity index (χ3n) is 1.88. The van der Waals surface area contributed by atoms with Crippen molar-refractivity contribution in [3.8, 4) is 0 Å². The minimum Gasteiger partial charge on any atom is -0.481 e. The lowest BCUT2D eigenvalue weighted by Gasteiger charge is -2.04. The van der Waals surface area contributed by atoms with Crippen molar-refractivity contribution in [3.05, 3.63) is 0 Å². The Hall–Kier alpha value is 0.170. The van der Waals surface area contributed by atoms with E-state index >= 15 is 0 Å². The first-order valence-corrected chi connectivity index (χ1v) is 5.37. The number of thioether (sulfide) groups is 1. The van der Waals surface area contributed by atoms with Crippen molar-refractivity contribution < 1.29 is 9.90 Å². The molecule has 0 amide bonds. The average molecular weight is 192 g/mol. The van der Waals surface area contributed by atoms with Crippen LogP contribution in [-0.4, -0.2) is 27.8 Å². The average Bonchev–Trinajstić information content (AvgIpc) is 2.37. The maximum Gasteiger partial charge on any atom is 0.307 e. The second-order valence-electron chi connectivity index (χ2n) is 2.74. The Morgan fingerprint density at radius 3 is 2.91 bits per heavy atom. The molecule has 2 nitrogen and oxygen atoms in total. The van der Waals surface area contributed by atoms with Gasteiger partial charge in [-0.05, 0) is 18.6 Å². The van der Waals surface area contributed by atoms with E-state index < -0.39 is 5.97 Å². The van der Waals surface area contributed by atoms with E-state index in [0.717, 1.165) is 24.3 Å². The molecular weight excluding hydrogens is 180 g/mol. The van der Waals surface area contributed by atoms with Gasteiger partial charge >= 0.3 is 5.97 Å². The Labute approximate surface area is 76.2 Å². The predicted molar refractivity (Wildman–Crippen MR) is 50.5 cm³/mol. The predicted octanol–water partition coefficient (Wildman–Crippen LogP) is 1.51. The van der Waals surface area contributed by atoms with Gasteiger partial charge in [-0.15, -0.1) is 0 Å². The number of carboxylic acids is 1. The summed E-state index contributed by atoms with van der Waals surface area (Å²) in [5.74, 6) is 0.904. The zero-order valence-corrected chi connectivity index (χ0v) is 7.90. The van der Waals surface area contributed by atoms with E-state index in [1.807, 2.05) is 0 Å². The lowest BCUT2D eigenvalue weighted by atomic mass is 10.1. The van der Waals surface area contributed by atoms with Crippen LogP contribution in [0.4, 0.5) is 0 Å². The maximum atomic E-state index is 10.5. The van der Waals surface area contributed by atoms with Crippen LogP contribution in [0.5, 0.6) is 0 Å². The molecule has 4 heteroatoms. The van der Waals surface area contributed by atoms with Crippen LogP contribution in [-0.2, 0) is 4.79 Å². The Bertz CT molecular complexity index is 149. The van der Waals surface area contributed by atoms with Crippen molar-refractivity contribution in [2.75, 3.05) is 11.5 Å². The molecule has 0 aromatic carbocycles. The van der Waals surface area contributed by atoms with Crippen LogP contribution in [0.1, 0.15) is 12.8 Å². The third kappa shape index (κ3) is 2.60. The second kappa shape index (κ2) is 4.26. The number of hydrogen-bond donors (Lipinski definition) is 2. The Kier molecular flexibility index (Phi) is 3.59. The molecule has 0 radical (unpaired) electrons. The fraction of sp³-hybridized carbons (Fsp3) is 0.857. The number of thiol groups is 1. The van der Waals surface area contributed by atoms with E-state index in [4.69, 9.17) is 5.11 Å². The molecule has 0 spiro atoms. The van der Waals surface area contributed by atoms with Gasteiger partial charge in [-0.25, -0.2) is 0 Å². The first-order chi connectivity index (χ1) is 5.24. The normalized spacial score (nSPS) is 30.6. The van der Waals surface area contributed by atoms with Crippen molar-refractivity contribution in [2.24, 2.45) is 5.92 Å². The van der Waals surface area contributed by atoms with Gasteiger partial charge in [0.05, 0.1) is 5.92 Å². The standard InChI is InChI=1S/C7H12O2S2/c8-7(9)5-3-6(1-2-10)11-4-5/h5-6,10H,1-4H2,(H,8,9). The molecule has 11 heavy (non-hydrogen) atoms. The second-order valence-corrected chi connectivity index (χ2v) is 4.52. The molecule has 1 rings (SSSR count). The smallest absolute Gasteiger partial charge is 0.307 e. The molecule has 0 aromatic heterocycles. The van der Waals surface area contributed by atoms with E-state index in [-0.39, 0.29) is 5.92 Å². The Morgan fingerprint density at radius 1 is 1.73 bits per heavy atom. The molecule has 0 bridgehead atoms. The molecule has 1 N–H and O–H groups in total. The zero-order valence-electron chi connectivity index (χ0n) is 6.19. The van der Waals surface area contributed by atoms with Crippen LogP contribution in [0.2, 0.25) is 0 Å². The zero-order chi connectivity index (χ0) is 8.27. The molecule has 2 unspecified atom stereocenters. The molecule has 1 aliphatic rings. The lowest BCUT2D eigenvalue weighted by molar-refractivity contribution is -0.140. The van der Waals surface area contributed by atoms with Gasteiger partial charge in [0.2, 0.25) is 0 Å². The molecule has 0 aliphatic carbocycles. The summed E-state index contributed by atoms with van der Waals surface area (Å²) >= 11 is 5.89. The van der Waals surface area contributed by atoms with Gasteiger partial charge in [-0.2, -0.15) is 24.4 Å². The Balaban J connectivity index is 2.29. The number of carbonyl (C=O) groups is 1. The van der Waals surface area contributed by atoms with Crippen LogP contribution < -0.4 is 0 Å². The highest BCUT2D eigenvalue weighted by Crippen LogP contribution is 2.33. The van der Waals surface area contributed by atoms with E-state index in [2.05, 4.69) is 12.6 Å². The molecule has 1 saturated heterocycles. The first-order valence-electron chi connectivity index (χ1n) is 3.69. The van der Waals surface area contributed by atoms with Crippen LogP contribution >= 0.6 is 24.4 Å². The van der Waals surface area contributed by atoms with Gasteiger partial charge < -0.3 is 5.11 Å². The summed E-state index contributed by atoms with van der Waals surface area (Å²) in [6.45, 7) is 0. The fourth-order valence-electron chi connectivity index (χ4n) is 1.22. The third-order valence-corrected chi connectivity index (χ3v) is 3.63. The first kappa shape index (κ1) is 9.26. The SMILES string of the molecule is O=C(O)C1CSC(CCS)C1. The number of rotatable bonds is 3. The summed E-state index contributed by atoms with van der Waals surface area (Å²) < 4.78 is 0. The molecule has 0 saturated carbocycles. The van der Waals surface area contributed by atoms with Crippen LogP contribution in [0.3, 0.4) is 0 Å². The van der Waals surface area contributed by atoms with E-state index in [0.29, 0.717) is 5.25 Å². The van der Waals surface area contributed by atoms with Crippen molar-refractivity contribution in [1.82, 2.24) is 0 Å².